The quantitative estimate of drug-likeness (QED) is 0.642. The van der Waals surface area contributed by atoms with Crippen molar-refractivity contribution in [2.75, 3.05) is 11.9 Å². The number of amides is 1. The second-order valence-electron chi connectivity index (χ2n) is 5.39. The highest BCUT2D eigenvalue weighted by atomic mass is 35.5. The zero-order valence-corrected chi connectivity index (χ0v) is 14.8. The number of nitrogens with one attached hydrogen (secondary N) is 1. The highest BCUT2D eigenvalue weighted by Crippen LogP contribution is 2.29. The molecule has 0 aliphatic carbocycles. The second kappa shape index (κ2) is 8.82. The highest BCUT2D eigenvalue weighted by molar-refractivity contribution is 6.30. The number of carbonyl (C=O) groups is 2. The minimum absolute atomic E-state index is 0.0307. The van der Waals surface area contributed by atoms with Crippen LogP contribution in [0.1, 0.15) is 10.5 Å². The highest BCUT2D eigenvalue weighted by Gasteiger charge is 2.13. The summed E-state index contributed by atoms with van der Waals surface area (Å²) in [4.78, 5) is 27.9. The maximum absolute atomic E-state index is 12.1. The summed E-state index contributed by atoms with van der Waals surface area (Å²) < 4.78 is 10.7. The molecular weight excluding hydrogens is 368 g/mol. The Morgan fingerprint density at radius 1 is 1.00 bits per heavy atom. The topological polar surface area (TPSA) is 77.5 Å². The lowest BCUT2D eigenvalue weighted by molar-refractivity contribution is -0.119. The van der Waals surface area contributed by atoms with Gasteiger partial charge in [-0.3, -0.25) is 4.79 Å². The number of halogens is 1. The van der Waals surface area contributed by atoms with E-state index in [1.165, 1.54) is 18.3 Å². The molecule has 3 aromatic rings. The lowest BCUT2D eigenvalue weighted by atomic mass is 10.3. The summed E-state index contributed by atoms with van der Waals surface area (Å²) in [5.41, 5.74) is 0.492. The van der Waals surface area contributed by atoms with Crippen LogP contribution >= 0.6 is 11.6 Å². The Labute approximate surface area is 160 Å². The van der Waals surface area contributed by atoms with E-state index >= 15 is 0 Å². The summed E-state index contributed by atoms with van der Waals surface area (Å²) in [6, 6.07) is 19.1. The molecule has 0 saturated carbocycles. The van der Waals surface area contributed by atoms with Crippen LogP contribution in [0.2, 0.25) is 5.02 Å². The molecule has 1 amide bonds. The third-order valence-electron chi connectivity index (χ3n) is 3.40. The lowest BCUT2D eigenvalue weighted by Gasteiger charge is -2.12. The van der Waals surface area contributed by atoms with Crippen molar-refractivity contribution in [1.82, 2.24) is 4.98 Å². The Morgan fingerprint density at radius 2 is 1.74 bits per heavy atom. The van der Waals surface area contributed by atoms with Gasteiger partial charge in [0.15, 0.2) is 12.4 Å². The molecule has 0 radical (unpaired) electrons. The van der Waals surface area contributed by atoms with Gasteiger partial charge in [0.25, 0.3) is 5.91 Å². The molecule has 0 spiro atoms. The molecule has 3 rings (SSSR count). The number of hydrogen-bond acceptors (Lipinski definition) is 5. The average molecular weight is 383 g/mol. The van der Waals surface area contributed by atoms with Crippen molar-refractivity contribution in [3.05, 3.63) is 83.6 Å². The summed E-state index contributed by atoms with van der Waals surface area (Å²) in [6.45, 7) is -0.466. The average Bonchev–Trinajstić information content (AvgIpc) is 2.68. The first-order valence-corrected chi connectivity index (χ1v) is 8.40. The normalized spacial score (nSPS) is 10.1. The van der Waals surface area contributed by atoms with Crippen molar-refractivity contribution in [1.29, 1.82) is 0 Å². The van der Waals surface area contributed by atoms with Gasteiger partial charge in [-0.2, -0.15) is 0 Å². The lowest BCUT2D eigenvalue weighted by Crippen LogP contribution is -2.21. The van der Waals surface area contributed by atoms with Crippen LogP contribution in [-0.2, 0) is 9.53 Å². The van der Waals surface area contributed by atoms with Crippen LogP contribution in [0.5, 0.6) is 11.5 Å². The molecule has 1 N–H and O–H groups in total. The molecule has 0 aliphatic heterocycles. The van der Waals surface area contributed by atoms with E-state index in [-0.39, 0.29) is 5.69 Å². The molecule has 0 bridgehead atoms. The fourth-order valence-corrected chi connectivity index (χ4v) is 2.34. The zero-order chi connectivity index (χ0) is 19.1. The molecule has 6 nitrogen and oxygen atoms in total. The number of hydrogen-bond donors (Lipinski definition) is 1. The van der Waals surface area contributed by atoms with Crippen LogP contribution in [0.15, 0.2) is 72.9 Å². The molecule has 0 saturated heterocycles. The van der Waals surface area contributed by atoms with E-state index in [4.69, 9.17) is 21.1 Å². The van der Waals surface area contributed by atoms with Crippen LogP contribution in [-0.4, -0.2) is 23.5 Å². The van der Waals surface area contributed by atoms with Gasteiger partial charge >= 0.3 is 5.97 Å². The van der Waals surface area contributed by atoms with Crippen molar-refractivity contribution in [2.24, 2.45) is 0 Å². The van der Waals surface area contributed by atoms with Crippen LogP contribution < -0.4 is 10.1 Å². The largest absolute Gasteiger partial charge is 0.455 e. The number of esters is 1. The molecule has 1 heterocycles. The van der Waals surface area contributed by atoms with Gasteiger partial charge in [-0.15, -0.1) is 0 Å². The van der Waals surface area contributed by atoms with Crippen molar-refractivity contribution >= 4 is 29.2 Å². The van der Waals surface area contributed by atoms with E-state index in [2.05, 4.69) is 10.3 Å². The van der Waals surface area contributed by atoms with Gasteiger partial charge in [-0.05, 0) is 36.4 Å². The Morgan fingerprint density at radius 3 is 2.52 bits per heavy atom. The van der Waals surface area contributed by atoms with Crippen LogP contribution in [0.25, 0.3) is 0 Å². The van der Waals surface area contributed by atoms with Crippen molar-refractivity contribution in [3.63, 3.8) is 0 Å². The third kappa shape index (κ3) is 5.29. The fraction of sp³-hybridized carbons (Fsp3) is 0.0500. The molecule has 0 atom stereocenters. The van der Waals surface area contributed by atoms with Gasteiger partial charge in [-0.1, -0.05) is 41.9 Å². The van der Waals surface area contributed by atoms with Crippen LogP contribution in [0.3, 0.4) is 0 Å². The minimum atomic E-state index is -0.735. The number of para-hydroxylation sites is 3. The number of anilines is 1. The maximum atomic E-state index is 12.1. The smallest absolute Gasteiger partial charge is 0.357 e. The van der Waals surface area contributed by atoms with E-state index in [1.807, 2.05) is 18.2 Å². The van der Waals surface area contributed by atoms with E-state index in [1.54, 1.807) is 36.4 Å². The Balaban J connectivity index is 1.60. The molecule has 1 aromatic heterocycles. The van der Waals surface area contributed by atoms with Crippen LogP contribution in [0.4, 0.5) is 5.69 Å². The first-order chi connectivity index (χ1) is 13.1. The van der Waals surface area contributed by atoms with Crippen LogP contribution in [0, 0.1) is 0 Å². The molecule has 0 fully saturated rings. The summed E-state index contributed by atoms with van der Waals surface area (Å²) in [5.74, 6) is -0.131. The number of rotatable bonds is 6. The Hall–Kier alpha value is -3.38. The number of carbonyl (C=O) groups excluding carboxylic acids is 2. The first-order valence-electron chi connectivity index (χ1n) is 8.02. The standard InChI is InChI=1S/C20H15ClN2O4/c21-14-10-11-22-17(12-14)20(25)26-13-19(24)23-16-8-4-5-9-18(16)27-15-6-2-1-3-7-15/h1-12H,13H2,(H,23,24). The third-order valence-corrected chi connectivity index (χ3v) is 3.63. The molecule has 2 aromatic carbocycles. The molecule has 7 heteroatoms. The van der Waals surface area contributed by atoms with Crippen molar-refractivity contribution in [3.8, 4) is 11.5 Å². The van der Waals surface area contributed by atoms with Gasteiger partial charge < -0.3 is 14.8 Å². The maximum Gasteiger partial charge on any atom is 0.357 e. The van der Waals surface area contributed by atoms with E-state index in [0.717, 1.165) is 0 Å². The summed E-state index contributed by atoms with van der Waals surface area (Å²) in [6.07, 6.45) is 1.39. The number of benzene rings is 2. The molecular formula is C20H15ClN2O4. The van der Waals surface area contributed by atoms with Gasteiger partial charge in [0.2, 0.25) is 0 Å². The van der Waals surface area contributed by atoms with E-state index in [0.29, 0.717) is 22.2 Å². The fourth-order valence-electron chi connectivity index (χ4n) is 2.18. The molecule has 27 heavy (non-hydrogen) atoms. The van der Waals surface area contributed by atoms with Crippen molar-refractivity contribution in [2.45, 2.75) is 0 Å². The Bertz CT molecular complexity index is 947. The number of aromatic nitrogens is 1. The van der Waals surface area contributed by atoms with E-state index < -0.39 is 18.5 Å². The number of pyridine rings is 1. The van der Waals surface area contributed by atoms with Gasteiger partial charge in [0, 0.05) is 11.2 Å². The molecule has 0 unspecified atom stereocenters. The van der Waals surface area contributed by atoms with Gasteiger partial charge in [0.05, 0.1) is 5.69 Å². The summed E-state index contributed by atoms with van der Waals surface area (Å²) in [5, 5.41) is 3.02. The number of nitrogens with zero attached hydrogens (tertiary/aromatic N) is 1. The monoisotopic (exact) mass is 382 g/mol. The van der Waals surface area contributed by atoms with Gasteiger partial charge in [0.1, 0.15) is 11.4 Å². The van der Waals surface area contributed by atoms with E-state index in [9.17, 15) is 9.59 Å². The summed E-state index contributed by atoms with van der Waals surface area (Å²) >= 11 is 5.80. The van der Waals surface area contributed by atoms with Gasteiger partial charge in [-0.25, -0.2) is 9.78 Å². The molecule has 136 valence electrons. The SMILES string of the molecule is O=C(COC(=O)c1cc(Cl)ccn1)Nc1ccccc1Oc1ccccc1. The predicted molar refractivity (Wildman–Crippen MR) is 101 cm³/mol. The van der Waals surface area contributed by atoms with Crippen molar-refractivity contribution < 1.29 is 19.1 Å². The Kier molecular flexibility index (Phi) is 6.02. The summed E-state index contributed by atoms with van der Waals surface area (Å²) in [7, 11) is 0. The first kappa shape index (κ1) is 18.4. The zero-order valence-electron chi connectivity index (χ0n) is 14.1. The minimum Gasteiger partial charge on any atom is -0.455 e. The second-order valence-corrected chi connectivity index (χ2v) is 5.83. The molecule has 0 aliphatic rings. The number of ether oxygens (including phenoxy) is 2. The predicted octanol–water partition coefficient (Wildman–Crippen LogP) is 4.32.